The predicted molar refractivity (Wildman–Crippen MR) is 58.1 cm³/mol. The van der Waals surface area contributed by atoms with Crippen molar-refractivity contribution in [3.05, 3.63) is 0 Å². The average Bonchev–Trinajstić information content (AvgIpc) is 2.34. The fourth-order valence-electron chi connectivity index (χ4n) is 1.21. The van der Waals surface area contributed by atoms with Gasteiger partial charge in [-0.1, -0.05) is 0 Å². The molecular formula is C6H14Cl2N4O2. The van der Waals surface area contributed by atoms with Crippen molar-refractivity contribution in [2.75, 3.05) is 6.54 Å². The van der Waals surface area contributed by atoms with Gasteiger partial charge in [0, 0.05) is 6.54 Å². The third-order valence-corrected chi connectivity index (χ3v) is 1.74. The number of aliphatic carboxylic acids is 1. The SMILES string of the molecule is Cl.Cl.NC(N)=N[C@H]1CN[C@H](C(=O)O)C1. The van der Waals surface area contributed by atoms with Crippen LogP contribution in [0.4, 0.5) is 0 Å². The molecule has 1 saturated heterocycles. The summed E-state index contributed by atoms with van der Waals surface area (Å²) in [5.74, 6) is -0.851. The third-order valence-electron chi connectivity index (χ3n) is 1.74. The largest absolute Gasteiger partial charge is 0.480 e. The molecule has 6 nitrogen and oxygen atoms in total. The van der Waals surface area contributed by atoms with E-state index in [4.69, 9.17) is 16.6 Å². The molecule has 0 bridgehead atoms. The molecule has 0 aliphatic carbocycles. The van der Waals surface area contributed by atoms with Crippen LogP contribution in [0.5, 0.6) is 0 Å². The minimum absolute atomic E-state index is 0. The van der Waals surface area contributed by atoms with Gasteiger partial charge in [0.1, 0.15) is 6.04 Å². The molecular weight excluding hydrogens is 231 g/mol. The van der Waals surface area contributed by atoms with Crippen LogP contribution in [0.3, 0.4) is 0 Å². The lowest BCUT2D eigenvalue weighted by Crippen LogP contribution is -2.30. The smallest absolute Gasteiger partial charge is 0.320 e. The van der Waals surface area contributed by atoms with Gasteiger partial charge in [-0.3, -0.25) is 4.79 Å². The maximum Gasteiger partial charge on any atom is 0.320 e. The molecule has 0 aromatic heterocycles. The number of nitrogens with two attached hydrogens (primary N) is 2. The second-order valence-electron chi connectivity index (χ2n) is 2.74. The first-order valence-corrected chi connectivity index (χ1v) is 3.64. The number of halogens is 2. The number of carboxylic acid groups (broad SMARTS) is 1. The van der Waals surface area contributed by atoms with Gasteiger partial charge in [0.15, 0.2) is 5.96 Å². The number of nitrogens with zero attached hydrogens (tertiary/aromatic N) is 1. The number of nitrogens with one attached hydrogen (secondary N) is 1. The molecule has 2 atom stereocenters. The highest BCUT2D eigenvalue weighted by molar-refractivity contribution is 5.85. The molecule has 0 spiro atoms. The zero-order valence-electron chi connectivity index (χ0n) is 7.34. The molecule has 0 aromatic rings. The monoisotopic (exact) mass is 244 g/mol. The summed E-state index contributed by atoms with van der Waals surface area (Å²) in [6, 6.07) is -0.616. The van der Waals surface area contributed by atoms with E-state index in [1.807, 2.05) is 0 Å². The molecule has 0 aromatic carbocycles. The predicted octanol–water partition coefficient (Wildman–Crippen LogP) is -1.08. The van der Waals surface area contributed by atoms with Crippen LogP contribution >= 0.6 is 24.8 Å². The average molecular weight is 245 g/mol. The summed E-state index contributed by atoms with van der Waals surface area (Å²) in [5.41, 5.74) is 10.3. The molecule has 0 radical (unpaired) electrons. The van der Waals surface area contributed by atoms with E-state index in [0.29, 0.717) is 13.0 Å². The number of carbonyl (C=O) groups is 1. The Morgan fingerprint density at radius 3 is 2.36 bits per heavy atom. The molecule has 84 valence electrons. The van der Waals surface area contributed by atoms with Gasteiger partial charge in [0.25, 0.3) is 0 Å². The molecule has 1 aliphatic heterocycles. The Bertz CT molecular complexity index is 220. The molecule has 1 fully saturated rings. The fourth-order valence-corrected chi connectivity index (χ4v) is 1.21. The summed E-state index contributed by atoms with van der Waals surface area (Å²) in [6.45, 7) is 0.523. The van der Waals surface area contributed by atoms with E-state index in [1.165, 1.54) is 0 Å². The standard InChI is InChI=1S/C6H12N4O2.2ClH/c7-6(8)10-3-1-4(5(11)12)9-2-3;;/h3-4,9H,1-2H2,(H,11,12)(H4,7,8,10);2*1H/t3-,4+;;/m1../s1. The van der Waals surface area contributed by atoms with Crippen LogP contribution in [-0.4, -0.2) is 35.7 Å². The van der Waals surface area contributed by atoms with Crippen LogP contribution in [0.25, 0.3) is 0 Å². The lowest BCUT2D eigenvalue weighted by molar-refractivity contribution is -0.139. The Morgan fingerprint density at radius 1 is 1.43 bits per heavy atom. The van der Waals surface area contributed by atoms with E-state index in [-0.39, 0.29) is 36.8 Å². The van der Waals surface area contributed by atoms with E-state index in [1.54, 1.807) is 0 Å². The molecule has 6 N–H and O–H groups in total. The molecule has 0 saturated carbocycles. The lowest BCUT2D eigenvalue weighted by atomic mass is 10.2. The summed E-state index contributed by atoms with van der Waals surface area (Å²) in [7, 11) is 0. The number of carboxylic acids is 1. The molecule has 1 heterocycles. The Morgan fingerprint density at radius 2 is 2.00 bits per heavy atom. The summed E-state index contributed by atoms with van der Waals surface area (Å²) < 4.78 is 0. The first kappa shape index (κ1) is 15.7. The first-order chi connectivity index (χ1) is 5.59. The maximum atomic E-state index is 10.5. The number of rotatable bonds is 2. The van der Waals surface area contributed by atoms with Gasteiger partial charge < -0.3 is 21.9 Å². The second-order valence-corrected chi connectivity index (χ2v) is 2.74. The first-order valence-electron chi connectivity index (χ1n) is 3.64. The fraction of sp³-hybridized carbons (Fsp3) is 0.667. The van der Waals surface area contributed by atoms with Gasteiger partial charge in [-0.2, -0.15) is 0 Å². The van der Waals surface area contributed by atoms with E-state index < -0.39 is 12.0 Å². The Kier molecular flexibility index (Phi) is 7.52. The van der Waals surface area contributed by atoms with Crippen molar-refractivity contribution in [1.29, 1.82) is 0 Å². The highest BCUT2D eigenvalue weighted by Crippen LogP contribution is 2.09. The topological polar surface area (TPSA) is 114 Å². The van der Waals surface area contributed by atoms with Gasteiger partial charge in [-0.05, 0) is 6.42 Å². The van der Waals surface area contributed by atoms with Crippen LogP contribution in [0.15, 0.2) is 4.99 Å². The van der Waals surface area contributed by atoms with Gasteiger partial charge in [-0.25, -0.2) is 4.99 Å². The quantitative estimate of drug-likeness (QED) is 0.365. The zero-order valence-corrected chi connectivity index (χ0v) is 8.98. The molecule has 14 heavy (non-hydrogen) atoms. The number of hydrogen-bond donors (Lipinski definition) is 4. The number of hydrogen-bond acceptors (Lipinski definition) is 3. The Balaban J connectivity index is 0. The Hall–Kier alpha value is -0.720. The molecule has 8 heteroatoms. The van der Waals surface area contributed by atoms with Gasteiger partial charge in [0.2, 0.25) is 0 Å². The van der Waals surface area contributed by atoms with Crippen molar-refractivity contribution in [2.45, 2.75) is 18.5 Å². The van der Waals surface area contributed by atoms with E-state index in [0.717, 1.165) is 0 Å². The van der Waals surface area contributed by atoms with Gasteiger partial charge in [-0.15, -0.1) is 24.8 Å². The van der Waals surface area contributed by atoms with Crippen LogP contribution in [0.2, 0.25) is 0 Å². The van der Waals surface area contributed by atoms with Gasteiger partial charge in [0.05, 0.1) is 6.04 Å². The highest BCUT2D eigenvalue weighted by Gasteiger charge is 2.28. The van der Waals surface area contributed by atoms with E-state index in [2.05, 4.69) is 10.3 Å². The summed E-state index contributed by atoms with van der Waals surface area (Å²) in [4.78, 5) is 14.3. The van der Waals surface area contributed by atoms with Gasteiger partial charge >= 0.3 is 5.97 Å². The lowest BCUT2D eigenvalue weighted by Gasteiger charge is -2.01. The van der Waals surface area contributed by atoms with E-state index in [9.17, 15) is 4.79 Å². The van der Waals surface area contributed by atoms with Crippen LogP contribution in [0.1, 0.15) is 6.42 Å². The van der Waals surface area contributed by atoms with Crippen LogP contribution in [-0.2, 0) is 4.79 Å². The normalized spacial score (nSPS) is 24.3. The van der Waals surface area contributed by atoms with Crippen LogP contribution < -0.4 is 16.8 Å². The minimum Gasteiger partial charge on any atom is -0.480 e. The highest BCUT2D eigenvalue weighted by atomic mass is 35.5. The van der Waals surface area contributed by atoms with Crippen molar-refractivity contribution in [2.24, 2.45) is 16.5 Å². The Labute approximate surface area is 93.9 Å². The second kappa shape index (κ2) is 6.69. The molecule has 1 aliphatic rings. The number of guanidine groups is 1. The van der Waals surface area contributed by atoms with Crippen molar-refractivity contribution in [1.82, 2.24) is 5.32 Å². The summed E-state index contributed by atoms with van der Waals surface area (Å²) in [5, 5.41) is 11.4. The van der Waals surface area contributed by atoms with Crippen LogP contribution in [0, 0.1) is 0 Å². The van der Waals surface area contributed by atoms with Crippen molar-refractivity contribution in [3.8, 4) is 0 Å². The van der Waals surface area contributed by atoms with Crippen molar-refractivity contribution in [3.63, 3.8) is 0 Å². The number of aliphatic imine (C=N–C) groups is 1. The minimum atomic E-state index is -0.858. The third kappa shape index (κ3) is 4.50. The zero-order chi connectivity index (χ0) is 9.14. The summed E-state index contributed by atoms with van der Waals surface area (Å²) in [6.07, 6.45) is 0.452. The van der Waals surface area contributed by atoms with E-state index >= 15 is 0 Å². The maximum absolute atomic E-state index is 10.5. The molecule has 0 unspecified atom stereocenters. The summed E-state index contributed by atoms with van der Waals surface area (Å²) >= 11 is 0. The molecule has 1 rings (SSSR count). The van der Waals surface area contributed by atoms with Crippen molar-refractivity contribution < 1.29 is 9.90 Å². The molecule has 0 amide bonds. The van der Waals surface area contributed by atoms with Crippen molar-refractivity contribution >= 4 is 36.7 Å².